The maximum Gasteiger partial charge on any atom is 0.249 e. The first kappa shape index (κ1) is 27.9. The molecule has 3 rings (SSSR count). The topological polar surface area (TPSA) is 138 Å². The lowest BCUT2D eigenvalue weighted by Gasteiger charge is -2.40. The Morgan fingerprint density at radius 3 is 2.58 bits per heavy atom. The minimum atomic E-state index is -1.13. The summed E-state index contributed by atoms with van der Waals surface area (Å²) in [6.07, 6.45) is 3.38. The van der Waals surface area contributed by atoms with Crippen LogP contribution < -0.4 is 14.8 Å². The van der Waals surface area contributed by atoms with Crippen molar-refractivity contribution in [3.63, 3.8) is 0 Å². The van der Waals surface area contributed by atoms with Crippen LogP contribution in [-0.4, -0.2) is 90.8 Å². The molecular weight excluding hydrogens is 468 g/mol. The molecule has 200 valence electrons. The number of unbranched alkanes of at least 4 members (excludes halogenated alkanes) is 3. The molecule has 2 aliphatic rings. The van der Waals surface area contributed by atoms with Gasteiger partial charge in [-0.05, 0) is 30.2 Å². The zero-order valence-electron chi connectivity index (χ0n) is 21.2. The largest absolute Gasteiger partial charge is 0.493 e. The number of aliphatic hydroxyl groups excluding tert-OH is 3. The fourth-order valence-electron chi connectivity index (χ4n) is 4.97. The normalized spacial score (nSPS) is 22.2. The van der Waals surface area contributed by atoms with Gasteiger partial charge in [0.15, 0.2) is 11.5 Å². The third kappa shape index (κ3) is 5.83. The van der Waals surface area contributed by atoms with Crippen LogP contribution in [0.15, 0.2) is 23.8 Å². The Kier molecular flexibility index (Phi) is 10.1. The monoisotopic (exact) mass is 506 g/mol. The maximum atomic E-state index is 13.3. The first-order chi connectivity index (χ1) is 17.4. The molecule has 1 heterocycles. The molecule has 0 saturated heterocycles. The van der Waals surface area contributed by atoms with Crippen molar-refractivity contribution < 1.29 is 39.1 Å². The fourth-order valence-corrected chi connectivity index (χ4v) is 4.97. The first-order valence-corrected chi connectivity index (χ1v) is 12.5. The second-order valence-electron chi connectivity index (χ2n) is 9.10. The van der Waals surface area contributed by atoms with Gasteiger partial charge in [0.2, 0.25) is 11.8 Å². The summed E-state index contributed by atoms with van der Waals surface area (Å²) < 4.78 is 16.8. The van der Waals surface area contributed by atoms with E-state index in [1.807, 2.05) is 0 Å². The second kappa shape index (κ2) is 13.0. The Labute approximate surface area is 211 Å². The average molecular weight is 507 g/mol. The van der Waals surface area contributed by atoms with Crippen molar-refractivity contribution in [3.05, 3.63) is 34.9 Å². The van der Waals surface area contributed by atoms with Crippen LogP contribution in [0.3, 0.4) is 0 Å². The van der Waals surface area contributed by atoms with Crippen molar-refractivity contribution in [2.24, 2.45) is 0 Å². The fraction of sp³-hybridized carbons (Fsp3) is 0.615. The SMILES string of the molecule is CCCCCCN(C(=O)COC)C1C=C(C(=O)NCCO)C2c3cc(CO)cc(OC)c3OC2C1O. The molecule has 10 heteroatoms. The summed E-state index contributed by atoms with van der Waals surface area (Å²) in [6.45, 7) is 1.93. The number of hydrogen-bond acceptors (Lipinski definition) is 8. The molecular formula is C26H38N2O8. The van der Waals surface area contributed by atoms with Crippen LogP contribution in [0.25, 0.3) is 0 Å². The first-order valence-electron chi connectivity index (χ1n) is 12.5. The van der Waals surface area contributed by atoms with E-state index in [4.69, 9.17) is 14.2 Å². The van der Waals surface area contributed by atoms with E-state index < -0.39 is 30.1 Å². The van der Waals surface area contributed by atoms with E-state index in [0.717, 1.165) is 25.7 Å². The number of methoxy groups -OCH3 is 2. The molecule has 1 aliphatic carbocycles. The van der Waals surface area contributed by atoms with Gasteiger partial charge in [-0.1, -0.05) is 26.2 Å². The molecule has 0 saturated carbocycles. The Bertz CT molecular complexity index is 950. The van der Waals surface area contributed by atoms with Gasteiger partial charge in [0.25, 0.3) is 0 Å². The summed E-state index contributed by atoms with van der Waals surface area (Å²) in [4.78, 5) is 27.8. The highest BCUT2D eigenvalue weighted by molar-refractivity contribution is 5.96. The van der Waals surface area contributed by atoms with Crippen molar-refractivity contribution in [3.8, 4) is 11.5 Å². The molecule has 4 unspecified atom stereocenters. The van der Waals surface area contributed by atoms with Crippen LogP contribution in [-0.2, 0) is 20.9 Å². The molecule has 0 aromatic heterocycles. The average Bonchev–Trinajstić information content (AvgIpc) is 3.27. The van der Waals surface area contributed by atoms with E-state index in [1.165, 1.54) is 14.2 Å². The van der Waals surface area contributed by atoms with Crippen LogP contribution >= 0.6 is 0 Å². The molecule has 0 bridgehead atoms. The molecule has 1 aliphatic heterocycles. The van der Waals surface area contributed by atoms with Crippen LogP contribution in [0, 0.1) is 0 Å². The van der Waals surface area contributed by atoms with Gasteiger partial charge in [-0.25, -0.2) is 0 Å². The molecule has 1 aromatic carbocycles. The number of aliphatic hydroxyl groups is 3. The zero-order chi connectivity index (χ0) is 26.2. The van der Waals surface area contributed by atoms with Crippen molar-refractivity contribution in [1.29, 1.82) is 0 Å². The van der Waals surface area contributed by atoms with E-state index >= 15 is 0 Å². The Hall–Kier alpha value is -2.66. The van der Waals surface area contributed by atoms with E-state index in [-0.39, 0.29) is 32.3 Å². The number of nitrogens with zero attached hydrogens (tertiary/aromatic N) is 1. The number of carbonyl (C=O) groups is 2. The number of carbonyl (C=O) groups excluding carboxylic acids is 2. The summed E-state index contributed by atoms with van der Waals surface area (Å²) in [7, 11) is 2.92. The molecule has 4 N–H and O–H groups in total. The zero-order valence-corrected chi connectivity index (χ0v) is 21.2. The van der Waals surface area contributed by atoms with Gasteiger partial charge in [0, 0.05) is 31.3 Å². The molecule has 2 amide bonds. The molecule has 10 nitrogen and oxygen atoms in total. The van der Waals surface area contributed by atoms with Crippen molar-refractivity contribution in [2.45, 2.75) is 63.4 Å². The van der Waals surface area contributed by atoms with Gasteiger partial charge < -0.3 is 39.7 Å². The van der Waals surface area contributed by atoms with Crippen LogP contribution in [0.1, 0.15) is 49.7 Å². The summed E-state index contributed by atoms with van der Waals surface area (Å²) >= 11 is 0. The predicted molar refractivity (Wildman–Crippen MR) is 132 cm³/mol. The third-order valence-electron chi connectivity index (χ3n) is 6.70. The van der Waals surface area contributed by atoms with Gasteiger partial charge in [-0.2, -0.15) is 0 Å². The summed E-state index contributed by atoms with van der Waals surface area (Å²) in [5, 5.41) is 33.2. The summed E-state index contributed by atoms with van der Waals surface area (Å²) in [6, 6.07) is 2.57. The van der Waals surface area contributed by atoms with E-state index in [2.05, 4.69) is 12.2 Å². The van der Waals surface area contributed by atoms with Gasteiger partial charge in [-0.15, -0.1) is 0 Å². The van der Waals surface area contributed by atoms with Crippen molar-refractivity contribution in [2.75, 3.05) is 40.5 Å². The number of amides is 2. The number of nitrogens with one attached hydrogen (secondary N) is 1. The summed E-state index contributed by atoms with van der Waals surface area (Å²) in [5.74, 6) is -0.589. The number of benzene rings is 1. The van der Waals surface area contributed by atoms with Gasteiger partial charge in [0.05, 0.1) is 32.3 Å². The van der Waals surface area contributed by atoms with Gasteiger partial charge in [0.1, 0.15) is 18.8 Å². The smallest absolute Gasteiger partial charge is 0.249 e. The van der Waals surface area contributed by atoms with Gasteiger partial charge >= 0.3 is 0 Å². The standard InChI is InChI=1S/C26H38N2O8/c1-4-5-6-7-9-28(21(31)15-34-2)19-13-18(26(33)27-8-10-29)22-17-11-16(14-30)12-20(35-3)24(17)36-25(22)23(19)32/h11-13,19,22-23,25,29-30,32H,4-10,14-15H2,1-3H3,(H,27,33). The highest BCUT2D eigenvalue weighted by atomic mass is 16.5. The van der Waals surface area contributed by atoms with Crippen LogP contribution in [0.2, 0.25) is 0 Å². The third-order valence-corrected chi connectivity index (χ3v) is 6.70. The lowest BCUT2D eigenvalue weighted by Crippen LogP contribution is -2.56. The molecule has 0 spiro atoms. The highest BCUT2D eigenvalue weighted by Gasteiger charge is 2.51. The number of ether oxygens (including phenoxy) is 3. The van der Waals surface area contributed by atoms with Crippen molar-refractivity contribution in [1.82, 2.24) is 10.2 Å². The molecule has 4 atom stereocenters. The quantitative estimate of drug-likeness (QED) is 0.289. The molecule has 0 radical (unpaired) electrons. The summed E-state index contributed by atoms with van der Waals surface area (Å²) in [5.41, 5.74) is 1.52. The molecule has 0 fully saturated rings. The number of rotatable bonds is 13. The maximum absolute atomic E-state index is 13.3. The Balaban J connectivity index is 2.06. The van der Waals surface area contributed by atoms with Gasteiger partial charge in [-0.3, -0.25) is 9.59 Å². The number of hydrogen-bond donors (Lipinski definition) is 4. The minimum Gasteiger partial charge on any atom is -0.493 e. The molecule has 36 heavy (non-hydrogen) atoms. The minimum absolute atomic E-state index is 0.0534. The molecule has 1 aromatic rings. The van der Waals surface area contributed by atoms with E-state index in [1.54, 1.807) is 23.1 Å². The second-order valence-corrected chi connectivity index (χ2v) is 9.10. The van der Waals surface area contributed by atoms with E-state index in [9.17, 15) is 24.9 Å². The van der Waals surface area contributed by atoms with Crippen LogP contribution in [0.4, 0.5) is 0 Å². The van der Waals surface area contributed by atoms with E-state index in [0.29, 0.717) is 34.7 Å². The Morgan fingerprint density at radius 1 is 1.17 bits per heavy atom. The van der Waals surface area contributed by atoms with Crippen molar-refractivity contribution >= 4 is 11.8 Å². The lowest BCUT2D eigenvalue weighted by molar-refractivity contribution is -0.141. The lowest BCUT2D eigenvalue weighted by atomic mass is 9.77. The predicted octanol–water partition coefficient (Wildman–Crippen LogP) is 0.865. The van der Waals surface area contributed by atoms with Crippen LogP contribution in [0.5, 0.6) is 11.5 Å². The number of fused-ring (bicyclic) bond motifs is 3. The Morgan fingerprint density at radius 2 is 1.94 bits per heavy atom. The highest BCUT2D eigenvalue weighted by Crippen LogP contribution is 2.51.